The summed E-state index contributed by atoms with van der Waals surface area (Å²) in [6, 6.07) is 0. The molecule has 11 heavy (non-hydrogen) atoms. The van der Waals surface area contributed by atoms with Crippen LogP contribution in [-0.2, 0) is 0 Å². The number of aliphatic hydroxyl groups excluding tert-OH is 1. The monoisotopic (exact) mass is 169 g/mol. The van der Waals surface area contributed by atoms with Crippen LogP contribution in [0.15, 0.2) is 5.38 Å². The Bertz CT molecular complexity index is 258. The van der Waals surface area contributed by atoms with E-state index in [-0.39, 0.29) is 0 Å². The Hall–Kier alpha value is -0.410. The van der Waals surface area contributed by atoms with E-state index in [0.717, 1.165) is 11.4 Å². The van der Waals surface area contributed by atoms with E-state index in [1.54, 1.807) is 11.3 Å². The molecule has 1 saturated carbocycles. The van der Waals surface area contributed by atoms with Crippen molar-refractivity contribution in [1.82, 2.24) is 4.98 Å². The van der Waals surface area contributed by atoms with E-state index in [0.29, 0.717) is 18.4 Å². The fourth-order valence-corrected chi connectivity index (χ4v) is 2.04. The average molecular weight is 169 g/mol. The normalized spacial score (nSPS) is 28.9. The van der Waals surface area contributed by atoms with Crippen molar-refractivity contribution < 1.29 is 5.11 Å². The maximum Gasteiger partial charge on any atom is 0.0897 e. The van der Waals surface area contributed by atoms with Crippen molar-refractivity contribution in [2.75, 3.05) is 6.61 Å². The number of nitrogens with zero attached hydrogens (tertiary/aromatic N) is 1. The Morgan fingerprint density at radius 3 is 3.09 bits per heavy atom. The first kappa shape index (κ1) is 7.25. The van der Waals surface area contributed by atoms with Gasteiger partial charge in [-0.3, -0.25) is 0 Å². The van der Waals surface area contributed by atoms with Crippen LogP contribution in [0.1, 0.15) is 23.0 Å². The minimum absolute atomic E-state index is 0.321. The molecule has 0 saturated heterocycles. The lowest BCUT2D eigenvalue weighted by atomic mass is 10.3. The number of hydrogen-bond acceptors (Lipinski definition) is 3. The summed E-state index contributed by atoms with van der Waals surface area (Å²) in [6.07, 6.45) is 1.12. The van der Waals surface area contributed by atoms with Crippen LogP contribution in [0, 0.1) is 12.8 Å². The SMILES string of the molecule is Cc1nc([C@@H]2C[C@H]2CO)cs1. The molecule has 0 bridgehead atoms. The molecule has 60 valence electrons. The standard InChI is InChI=1S/C8H11NOS/c1-5-9-8(4-11-5)7-2-6(7)3-10/h4,6-7,10H,2-3H2,1H3/t6-,7+/m0/s1. The lowest BCUT2D eigenvalue weighted by Crippen LogP contribution is -1.88. The van der Waals surface area contributed by atoms with Crippen molar-refractivity contribution in [3.05, 3.63) is 16.1 Å². The Morgan fingerprint density at radius 1 is 1.82 bits per heavy atom. The van der Waals surface area contributed by atoms with Gasteiger partial charge in [0.25, 0.3) is 0 Å². The lowest BCUT2D eigenvalue weighted by molar-refractivity contribution is 0.273. The van der Waals surface area contributed by atoms with E-state index >= 15 is 0 Å². The molecule has 1 aliphatic rings. The van der Waals surface area contributed by atoms with Crippen LogP contribution in [0.25, 0.3) is 0 Å². The van der Waals surface area contributed by atoms with E-state index < -0.39 is 0 Å². The third-order valence-corrected chi connectivity index (χ3v) is 2.97. The lowest BCUT2D eigenvalue weighted by Gasteiger charge is -1.89. The van der Waals surface area contributed by atoms with E-state index in [4.69, 9.17) is 5.11 Å². The van der Waals surface area contributed by atoms with E-state index in [2.05, 4.69) is 10.4 Å². The summed E-state index contributed by atoms with van der Waals surface area (Å²) in [5.41, 5.74) is 1.19. The molecule has 1 aliphatic carbocycles. The van der Waals surface area contributed by atoms with Crippen LogP contribution in [-0.4, -0.2) is 16.7 Å². The summed E-state index contributed by atoms with van der Waals surface area (Å²) < 4.78 is 0. The highest BCUT2D eigenvalue weighted by atomic mass is 32.1. The summed E-state index contributed by atoms with van der Waals surface area (Å²) >= 11 is 1.69. The fraction of sp³-hybridized carbons (Fsp3) is 0.625. The van der Waals surface area contributed by atoms with Crippen LogP contribution in [0.3, 0.4) is 0 Å². The quantitative estimate of drug-likeness (QED) is 0.728. The molecule has 3 heteroatoms. The van der Waals surface area contributed by atoms with Crippen molar-refractivity contribution in [2.24, 2.45) is 5.92 Å². The molecule has 0 amide bonds. The third kappa shape index (κ3) is 1.30. The van der Waals surface area contributed by atoms with Gasteiger partial charge < -0.3 is 5.11 Å². The van der Waals surface area contributed by atoms with Gasteiger partial charge in [0.1, 0.15) is 0 Å². The van der Waals surface area contributed by atoms with Crippen LogP contribution in [0.5, 0.6) is 0 Å². The maximum atomic E-state index is 8.82. The summed E-state index contributed by atoms with van der Waals surface area (Å²) in [6.45, 7) is 2.34. The van der Waals surface area contributed by atoms with E-state index in [9.17, 15) is 0 Å². The van der Waals surface area contributed by atoms with E-state index in [1.165, 1.54) is 5.69 Å². The van der Waals surface area contributed by atoms with Gasteiger partial charge in [-0.1, -0.05) is 0 Å². The van der Waals surface area contributed by atoms with Crippen LogP contribution >= 0.6 is 11.3 Å². The average Bonchev–Trinajstić information content (AvgIpc) is 2.68. The molecule has 0 aliphatic heterocycles. The molecular weight excluding hydrogens is 158 g/mol. The van der Waals surface area contributed by atoms with Crippen LogP contribution in [0.4, 0.5) is 0 Å². The molecule has 2 nitrogen and oxygen atoms in total. The summed E-state index contributed by atoms with van der Waals surface area (Å²) in [5, 5.41) is 12.1. The summed E-state index contributed by atoms with van der Waals surface area (Å²) in [5.74, 6) is 1.06. The van der Waals surface area contributed by atoms with Crippen molar-refractivity contribution in [3.63, 3.8) is 0 Å². The second kappa shape index (κ2) is 2.57. The predicted molar refractivity (Wildman–Crippen MR) is 44.8 cm³/mol. The molecule has 1 aromatic heterocycles. The number of thiazole rings is 1. The third-order valence-electron chi connectivity index (χ3n) is 2.17. The van der Waals surface area contributed by atoms with Crippen molar-refractivity contribution in [2.45, 2.75) is 19.3 Å². The number of aryl methyl sites for hydroxylation is 1. The molecule has 1 N–H and O–H groups in total. The Kier molecular flexibility index (Phi) is 1.69. The van der Waals surface area contributed by atoms with Gasteiger partial charge in [-0.25, -0.2) is 4.98 Å². The zero-order chi connectivity index (χ0) is 7.84. The second-order valence-corrected chi connectivity index (χ2v) is 4.14. The minimum atomic E-state index is 0.321. The zero-order valence-electron chi connectivity index (χ0n) is 6.45. The molecule has 1 heterocycles. The van der Waals surface area contributed by atoms with E-state index in [1.807, 2.05) is 6.92 Å². The molecular formula is C8H11NOS. The summed E-state index contributed by atoms with van der Waals surface area (Å²) in [7, 11) is 0. The smallest absolute Gasteiger partial charge is 0.0897 e. The highest BCUT2D eigenvalue weighted by Gasteiger charge is 2.39. The van der Waals surface area contributed by atoms with Gasteiger partial charge in [0, 0.05) is 17.9 Å². The number of aromatic nitrogens is 1. The molecule has 2 rings (SSSR count). The fourth-order valence-electron chi connectivity index (χ4n) is 1.36. The molecule has 0 unspecified atom stereocenters. The van der Waals surface area contributed by atoms with Crippen molar-refractivity contribution >= 4 is 11.3 Å². The van der Waals surface area contributed by atoms with Gasteiger partial charge in [-0.15, -0.1) is 11.3 Å². The van der Waals surface area contributed by atoms with Gasteiger partial charge in [0.2, 0.25) is 0 Å². The van der Waals surface area contributed by atoms with Crippen molar-refractivity contribution in [1.29, 1.82) is 0 Å². The molecule has 1 aromatic rings. The topological polar surface area (TPSA) is 33.1 Å². The Labute approximate surface area is 69.9 Å². The molecule has 0 spiro atoms. The molecule has 0 aromatic carbocycles. The first-order chi connectivity index (χ1) is 5.31. The molecule has 1 fully saturated rings. The highest BCUT2D eigenvalue weighted by molar-refractivity contribution is 7.09. The van der Waals surface area contributed by atoms with Gasteiger partial charge in [-0.05, 0) is 19.3 Å². The number of hydrogen-bond donors (Lipinski definition) is 1. The van der Waals surface area contributed by atoms with Gasteiger partial charge in [0.05, 0.1) is 10.7 Å². The van der Waals surface area contributed by atoms with Gasteiger partial charge in [-0.2, -0.15) is 0 Å². The number of aliphatic hydroxyl groups is 1. The van der Waals surface area contributed by atoms with Crippen molar-refractivity contribution in [3.8, 4) is 0 Å². The molecule has 2 atom stereocenters. The zero-order valence-corrected chi connectivity index (χ0v) is 7.27. The number of rotatable bonds is 2. The summed E-state index contributed by atoms with van der Waals surface area (Å²) in [4.78, 5) is 4.38. The highest BCUT2D eigenvalue weighted by Crippen LogP contribution is 2.46. The van der Waals surface area contributed by atoms with Crippen LogP contribution in [0.2, 0.25) is 0 Å². The largest absolute Gasteiger partial charge is 0.396 e. The molecule has 0 radical (unpaired) electrons. The maximum absolute atomic E-state index is 8.82. The minimum Gasteiger partial charge on any atom is -0.396 e. The van der Waals surface area contributed by atoms with Crippen LogP contribution < -0.4 is 0 Å². The Balaban J connectivity index is 2.08. The first-order valence-corrected chi connectivity index (χ1v) is 4.72. The second-order valence-electron chi connectivity index (χ2n) is 3.08. The van der Waals surface area contributed by atoms with Gasteiger partial charge in [0.15, 0.2) is 0 Å². The van der Waals surface area contributed by atoms with Gasteiger partial charge >= 0.3 is 0 Å². The predicted octanol–water partition coefficient (Wildman–Crippen LogP) is 1.55. The Morgan fingerprint density at radius 2 is 2.64 bits per heavy atom. The first-order valence-electron chi connectivity index (χ1n) is 3.84.